The zero-order valence-electron chi connectivity index (χ0n) is 23.8. The topological polar surface area (TPSA) is 93.2 Å². The molecule has 0 aliphatic carbocycles. The van der Waals surface area contributed by atoms with Crippen molar-refractivity contribution in [2.75, 3.05) is 49.2 Å². The summed E-state index contributed by atoms with van der Waals surface area (Å²) >= 11 is 0. The number of para-hydroxylation sites is 2. The molecule has 8 nitrogen and oxygen atoms in total. The van der Waals surface area contributed by atoms with Crippen LogP contribution in [0.3, 0.4) is 0 Å². The molecule has 222 valence electrons. The molecule has 0 N–H and O–H groups in total. The summed E-state index contributed by atoms with van der Waals surface area (Å²) in [6, 6.07) is 32.5. The Morgan fingerprint density at radius 1 is 0.476 bits per heavy atom. The van der Waals surface area contributed by atoms with E-state index < -0.39 is 20.2 Å². The van der Waals surface area contributed by atoms with E-state index in [1.807, 2.05) is 84.3 Å². The van der Waals surface area contributed by atoms with Crippen molar-refractivity contribution in [2.24, 2.45) is 0 Å². The van der Waals surface area contributed by atoms with Crippen molar-refractivity contribution in [1.82, 2.24) is 0 Å². The van der Waals surface area contributed by atoms with Crippen LogP contribution in [-0.2, 0) is 28.6 Å². The molecular formula is C32H36N2O6S2. The van der Waals surface area contributed by atoms with E-state index in [1.54, 1.807) is 48.5 Å². The van der Waals surface area contributed by atoms with Crippen LogP contribution in [0.5, 0.6) is 0 Å². The van der Waals surface area contributed by atoms with Crippen LogP contribution in [0.1, 0.15) is 11.1 Å². The summed E-state index contributed by atoms with van der Waals surface area (Å²) in [5, 5.41) is 0. The first-order valence-electron chi connectivity index (χ1n) is 13.7. The number of rotatable bonds is 15. The van der Waals surface area contributed by atoms with Crippen LogP contribution in [0.2, 0.25) is 0 Å². The third-order valence-corrected chi connectivity index (χ3v) is 9.35. The van der Waals surface area contributed by atoms with Gasteiger partial charge in [0.25, 0.3) is 20.2 Å². The molecule has 10 heteroatoms. The van der Waals surface area contributed by atoms with Gasteiger partial charge in [0.15, 0.2) is 0 Å². The molecule has 4 rings (SSSR count). The van der Waals surface area contributed by atoms with Crippen molar-refractivity contribution in [1.29, 1.82) is 0 Å². The summed E-state index contributed by atoms with van der Waals surface area (Å²) in [6.07, 6.45) is 0. The van der Waals surface area contributed by atoms with Gasteiger partial charge in [-0.15, -0.1) is 0 Å². The second-order valence-corrected chi connectivity index (χ2v) is 13.1. The molecule has 0 unspecified atom stereocenters. The zero-order chi connectivity index (χ0) is 30.0. The van der Waals surface area contributed by atoms with Gasteiger partial charge in [-0.1, -0.05) is 71.8 Å². The van der Waals surface area contributed by atoms with Crippen LogP contribution >= 0.6 is 0 Å². The van der Waals surface area contributed by atoms with Crippen molar-refractivity contribution in [3.05, 3.63) is 120 Å². The van der Waals surface area contributed by atoms with Gasteiger partial charge in [0.2, 0.25) is 0 Å². The van der Waals surface area contributed by atoms with Crippen molar-refractivity contribution in [3.8, 4) is 0 Å². The Balaban J connectivity index is 1.42. The molecule has 4 aromatic rings. The van der Waals surface area contributed by atoms with Gasteiger partial charge < -0.3 is 9.80 Å². The monoisotopic (exact) mass is 608 g/mol. The lowest BCUT2D eigenvalue weighted by atomic mass is 10.2. The van der Waals surface area contributed by atoms with Gasteiger partial charge >= 0.3 is 0 Å². The molecule has 0 radical (unpaired) electrons. The lowest BCUT2D eigenvalue weighted by molar-refractivity contribution is 0.319. The van der Waals surface area contributed by atoms with E-state index in [2.05, 4.69) is 0 Å². The normalized spacial score (nSPS) is 11.8. The van der Waals surface area contributed by atoms with E-state index >= 15 is 0 Å². The van der Waals surface area contributed by atoms with Gasteiger partial charge in [0, 0.05) is 37.6 Å². The highest BCUT2D eigenvalue weighted by Crippen LogP contribution is 2.19. The fourth-order valence-electron chi connectivity index (χ4n) is 4.32. The molecular weight excluding hydrogens is 572 g/mol. The van der Waals surface area contributed by atoms with Crippen LogP contribution in [-0.4, -0.2) is 56.2 Å². The predicted octanol–water partition coefficient (Wildman–Crippen LogP) is 5.43. The van der Waals surface area contributed by atoms with E-state index in [0.29, 0.717) is 26.2 Å². The Kier molecular flexibility index (Phi) is 10.8. The van der Waals surface area contributed by atoms with E-state index in [1.165, 1.54) is 0 Å². The third-order valence-electron chi connectivity index (χ3n) is 6.70. The van der Waals surface area contributed by atoms with Gasteiger partial charge in [-0.05, 0) is 62.4 Å². The minimum atomic E-state index is -3.89. The summed E-state index contributed by atoms with van der Waals surface area (Å²) in [7, 11) is -7.78. The standard InChI is InChI=1S/C32H36N2O6S2/c1-27-13-17-31(18-14-27)41(35,36)39-25-23-33(29-9-5-3-6-10-29)21-22-34(30-11-7-4-8-12-30)24-26-40-42(37,38)32-19-15-28(2)16-20-32/h3-20H,21-26H2,1-2H3. The number of nitrogens with zero attached hydrogens (tertiary/aromatic N) is 2. The summed E-state index contributed by atoms with van der Waals surface area (Å²) < 4.78 is 61.6. The van der Waals surface area contributed by atoms with E-state index in [0.717, 1.165) is 22.5 Å². The van der Waals surface area contributed by atoms with Crippen molar-refractivity contribution in [3.63, 3.8) is 0 Å². The summed E-state index contributed by atoms with van der Waals surface area (Å²) in [5.74, 6) is 0. The molecule has 0 saturated carbocycles. The fraction of sp³-hybridized carbons (Fsp3) is 0.250. The molecule has 0 amide bonds. The first kappa shape index (κ1) is 31.2. The fourth-order valence-corrected chi connectivity index (χ4v) is 6.12. The van der Waals surface area contributed by atoms with Crippen LogP contribution in [0.4, 0.5) is 11.4 Å². The molecule has 0 bridgehead atoms. The van der Waals surface area contributed by atoms with Gasteiger partial charge in [0.05, 0.1) is 23.0 Å². The first-order chi connectivity index (χ1) is 20.1. The zero-order valence-corrected chi connectivity index (χ0v) is 25.4. The molecule has 0 fully saturated rings. The molecule has 42 heavy (non-hydrogen) atoms. The molecule has 4 aromatic carbocycles. The second kappa shape index (κ2) is 14.5. The highest BCUT2D eigenvalue weighted by Gasteiger charge is 2.18. The van der Waals surface area contributed by atoms with Gasteiger partial charge in [-0.3, -0.25) is 8.37 Å². The quantitative estimate of drug-likeness (QED) is 0.165. The SMILES string of the molecule is Cc1ccc(S(=O)(=O)OCCN(CCN(CCOS(=O)(=O)c2ccc(C)cc2)c2ccccc2)c2ccccc2)cc1. The summed E-state index contributed by atoms with van der Waals surface area (Å²) in [4.78, 5) is 4.33. The Hall–Kier alpha value is -3.70. The Labute approximate surface area is 249 Å². The van der Waals surface area contributed by atoms with Crippen LogP contribution in [0.15, 0.2) is 119 Å². The molecule has 0 saturated heterocycles. The van der Waals surface area contributed by atoms with Crippen molar-refractivity contribution < 1.29 is 25.2 Å². The second-order valence-electron chi connectivity index (χ2n) is 9.82. The number of hydrogen-bond donors (Lipinski definition) is 0. The van der Waals surface area contributed by atoms with Crippen molar-refractivity contribution in [2.45, 2.75) is 23.6 Å². The van der Waals surface area contributed by atoms with Crippen LogP contribution < -0.4 is 9.80 Å². The molecule has 0 spiro atoms. The molecule has 0 aliphatic rings. The van der Waals surface area contributed by atoms with E-state index in [-0.39, 0.29) is 23.0 Å². The largest absolute Gasteiger partial charge is 0.367 e. The summed E-state index contributed by atoms with van der Waals surface area (Å²) in [5.41, 5.74) is 3.76. The van der Waals surface area contributed by atoms with Gasteiger partial charge in [-0.2, -0.15) is 16.8 Å². The molecule has 0 aromatic heterocycles. The number of anilines is 2. The highest BCUT2D eigenvalue weighted by atomic mass is 32.2. The van der Waals surface area contributed by atoms with Crippen LogP contribution in [0.25, 0.3) is 0 Å². The maximum Gasteiger partial charge on any atom is 0.297 e. The minimum Gasteiger partial charge on any atom is -0.367 e. The highest BCUT2D eigenvalue weighted by molar-refractivity contribution is 7.87. The smallest absolute Gasteiger partial charge is 0.297 e. The number of aryl methyl sites for hydroxylation is 2. The Morgan fingerprint density at radius 3 is 1.14 bits per heavy atom. The molecule has 0 atom stereocenters. The number of hydrogen-bond acceptors (Lipinski definition) is 8. The van der Waals surface area contributed by atoms with Gasteiger partial charge in [0.1, 0.15) is 0 Å². The van der Waals surface area contributed by atoms with Gasteiger partial charge in [-0.25, -0.2) is 0 Å². The van der Waals surface area contributed by atoms with Crippen LogP contribution in [0, 0.1) is 13.8 Å². The predicted molar refractivity (Wildman–Crippen MR) is 166 cm³/mol. The average molecular weight is 609 g/mol. The third kappa shape index (κ3) is 8.90. The minimum absolute atomic E-state index is 0.0334. The lowest BCUT2D eigenvalue weighted by Gasteiger charge is -2.30. The number of benzene rings is 4. The van der Waals surface area contributed by atoms with E-state index in [4.69, 9.17) is 8.37 Å². The molecule has 0 aliphatic heterocycles. The lowest BCUT2D eigenvalue weighted by Crippen LogP contribution is -2.38. The van der Waals surface area contributed by atoms with Crippen molar-refractivity contribution >= 4 is 31.6 Å². The van der Waals surface area contributed by atoms with E-state index in [9.17, 15) is 16.8 Å². The average Bonchev–Trinajstić information content (AvgIpc) is 2.99. The Morgan fingerprint density at radius 2 is 0.810 bits per heavy atom. The maximum absolute atomic E-state index is 12.7. The first-order valence-corrected chi connectivity index (χ1v) is 16.5. The maximum atomic E-state index is 12.7. The molecule has 0 heterocycles. The summed E-state index contributed by atoms with van der Waals surface area (Å²) in [6.45, 7) is 5.43. The Bertz CT molecular complexity index is 1490.